The van der Waals surface area contributed by atoms with Crippen LogP contribution >= 0.6 is 67.8 Å². The summed E-state index contributed by atoms with van der Waals surface area (Å²) < 4.78 is 8.60. The topological polar surface area (TPSA) is 182 Å². The van der Waals surface area contributed by atoms with Crippen molar-refractivity contribution in [3.05, 3.63) is 27.4 Å². The summed E-state index contributed by atoms with van der Waals surface area (Å²) >= 11 is 4.84. The van der Waals surface area contributed by atoms with Gasteiger partial charge < -0.3 is 26.7 Å². The van der Waals surface area contributed by atoms with Gasteiger partial charge in [0.2, 0.25) is 0 Å². The van der Waals surface area contributed by atoms with Gasteiger partial charge >= 0.3 is 24.1 Å². The fourth-order valence-corrected chi connectivity index (χ4v) is 6.10. The zero-order valence-electron chi connectivity index (χ0n) is 11.2. The Balaban J connectivity index is 3.78. The summed E-state index contributed by atoms with van der Waals surface area (Å²) in [5.41, 5.74) is 14.0. The average Bonchev–Trinajstić information content (AvgIpc) is 2.35. The van der Waals surface area contributed by atoms with Crippen molar-refractivity contribution in [1.82, 2.24) is 0 Å². The molecule has 3 amide bonds. The molecule has 24 heavy (non-hydrogen) atoms. The van der Waals surface area contributed by atoms with E-state index in [1.54, 1.807) is 67.8 Å². The van der Waals surface area contributed by atoms with Crippen LogP contribution < -0.4 is 17.2 Å². The van der Waals surface area contributed by atoms with Crippen LogP contribution in [0, 0.1) is 10.7 Å². The van der Waals surface area contributed by atoms with Crippen molar-refractivity contribution in [3.63, 3.8) is 0 Å². The van der Waals surface area contributed by atoms with Gasteiger partial charge in [0, 0.05) is 10.7 Å². The number of ether oxygens (including phenoxy) is 2. The minimum absolute atomic E-state index is 0.0378. The molecule has 0 fully saturated rings. The van der Waals surface area contributed by atoms with Crippen molar-refractivity contribution in [1.29, 1.82) is 0 Å². The van der Waals surface area contributed by atoms with Gasteiger partial charge in [0.05, 0.1) is 16.7 Å². The number of benzene rings is 1. The lowest BCUT2D eigenvalue weighted by Gasteiger charge is -2.15. The van der Waals surface area contributed by atoms with Gasteiger partial charge in [0.25, 0.3) is 5.91 Å². The first kappa shape index (κ1) is 20.8. The molecule has 1 aromatic rings. The van der Waals surface area contributed by atoms with Crippen LogP contribution in [0.1, 0.15) is 31.1 Å². The maximum Gasteiger partial charge on any atom is 0.412 e. The first-order valence-corrected chi connectivity index (χ1v) is 8.76. The minimum atomic E-state index is -1.38. The lowest BCUT2D eigenvalue weighted by atomic mass is 10.0. The lowest BCUT2D eigenvalue weighted by Crippen LogP contribution is -2.27. The van der Waals surface area contributed by atoms with E-state index in [1.165, 1.54) is 0 Å². The van der Waals surface area contributed by atoms with Crippen molar-refractivity contribution < 1.29 is 33.4 Å². The van der Waals surface area contributed by atoms with Crippen LogP contribution in [-0.2, 0) is 9.47 Å². The minimum Gasteiger partial charge on any atom is -0.373 e. The number of halogens is 3. The first-order valence-electron chi connectivity index (χ1n) is 5.52. The zero-order chi connectivity index (χ0) is 18.8. The highest BCUT2D eigenvalue weighted by Gasteiger charge is 2.32. The Kier molecular flexibility index (Phi) is 7.13. The van der Waals surface area contributed by atoms with Crippen LogP contribution in [0.3, 0.4) is 0 Å². The SMILES string of the molecule is NC(=O)OC(=O)c1c(I)c(C(N)=O)c(I)c(C(=O)OC(N)=O)c1I. The van der Waals surface area contributed by atoms with E-state index >= 15 is 0 Å². The van der Waals surface area contributed by atoms with E-state index in [0.717, 1.165) is 0 Å². The number of nitrogens with two attached hydrogens (primary N) is 3. The number of hydrogen-bond acceptors (Lipinski definition) is 7. The summed E-state index contributed by atoms with van der Waals surface area (Å²) in [7, 11) is 0. The van der Waals surface area contributed by atoms with Gasteiger partial charge in [-0.05, 0) is 67.8 Å². The van der Waals surface area contributed by atoms with Crippen molar-refractivity contribution in [2.24, 2.45) is 17.2 Å². The highest BCUT2D eigenvalue weighted by Crippen LogP contribution is 2.33. The second kappa shape index (κ2) is 8.23. The molecule has 0 saturated heterocycles. The molecule has 0 spiro atoms. The van der Waals surface area contributed by atoms with Crippen LogP contribution in [0.5, 0.6) is 0 Å². The van der Waals surface area contributed by atoms with Crippen LogP contribution in [-0.4, -0.2) is 30.0 Å². The Morgan fingerprint density at radius 2 is 0.917 bits per heavy atom. The normalized spacial score (nSPS) is 9.96. The largest absolute Gasteiger partial charge is 0.412 e. The number of hydrogen-bond donors (Lipinski definition) is 3. The van der Waals surface area contributed by atoms with Crippen LogP contribution in [0.25, 0.3) is 0 Å². The quantitative estimate of drug-likeness (QED) is 0.244. The Labute approximate surface area is 174 Å². The average molecular weight is 673 g/mol. The molecule has 0 aliphatic heterocycles. The molecule has 0 aliphatic rings. The first-order chi connectivity index (χ1) is 11.0. The molecule has 0 radical (unpaired) electrons. The van der Waals surface area contributed by atoms with Gasteiger partial charge in [-0.15, -0.1) is 0 Å². The number of carbonyl (C=O) groups is 5. The van der Waals surface area contributed by atoms with Gasteiger partial charge in [-0.3, -0.25) is 4.79 Å². The van der Waals surface area contributed by atoms with E-state index < -0.39 is 30.0 Å². The maximum atomic E-state index is 12.0. The van der Waals surface area contributed by atoms with Crippen molar-refractivity contribution in [2.45, 2.75) is 0 Å². The van der Waals surface area contributed by atoms with Gasteiger partial charge in [-0.1, -0.05) is 0 Å². The summed E-state index contributed by atoms with van der Waals surface area (Å²) in [4.78, 5) is 57.3. The zero-order valence-corrected chi connectivity index (χ0v) is 17.7. The smallest absolute Gasteiger partial charge is 0.373 e. The molecule has 1 rings (SSSR count). The molecule has 10 nitrogen and oxygen atoms in total. The summed E-state index contributed by atoms with van der Waals surface area (Å²) in [6.07, 6.45) is -2.76. The van der Waals surface area contributed by atoms with Crippen LogP contribution in [0.4, 0.5) is 9.59 Å². The summed E-state index contributed by atoms with van der Waals surface area (Å²) in [6.45, 7) is 0. The summed E-state index contributed by atoms with van der Waals surface area (Å²) in [5, 5.41) is 0. The van der Waals surface area contributed by atoms with Crippen molar-refractivity contribution in [2.75, 3.05) is 0 Å². The fourth-order valence-electron chi connectivity index (χ4n) is 1.52. The van der Waals surface area contributed by atoms with E-state index in [9.17, 15) is 24.0 Å². The second-order valence-electron chi connectivity index (χ2n) is 3.85. The number of esters is 2. The van der Waals surface area contributed by atoms with Gasteiger partial charge in [-0.2, -0.15) is 0 Å². The molecule has 0 unspecified atom stereocenters. The van der Waals surface area contributed by atoms with Crippen LogP contribution in [0.15, 0.2) is 0 Å². The monoisotopic (exact) mass is 673 g/mol. The maximum absolute atomic E-state index is 12.0. The van der Waals surface area contributed by atoms with Gasteiger partial charge in [-0.25, -0.2) is 19.2 Å². The molecular weight excluding hydrogens is 667 g/mol. The predicted molar refractivity (Wildman–Crippen MR) is 103 cm³/mol. The van der Waals surface area contributed by atoms with Crippen molar-refractivity contribution >= 4 is 97.8 Å². The molecule has 0 aromatic heterocycles. The lowest BCUT2D eigenvalue weighted by molar-refractivity contribution is 0.0633. The number of rotatable bonds is 3. The molecule has 0 heterocycles. The van der Waals surface area contributed by atoms with E-state index in [-0.39, 0.29) is 27.4 Å². The molecule has 0 aliphatic carbocycles. The third kappa shape index (κ3) is 4.43. The van der Waals surface area contributed by atoms with Crippen LogP contribution in [0.2, 0.25) is 0 Å². The summed E-state index contributed by atoms with van der Waals surface area (Å²) in [6, 6.07) is 0. The highest BCUT2D eigenvalue weighted by atomic mass is 127. The Morgan fingerprint density at radius 1 is 0.625 bits per heavy atom. The number of primary amides is 3. The molecule has 1 aromatic carbocycles. The predicted octanol–water partition coefficient (Wildman–Crippen LogP) is 1.07. The molecule has 0 bridgehead atoms. The molecule has 6 N–H and O–H groups in total. The molecule has 13 heteroatoms. The third-order valence-electron chi connectivity index (χ3n) is 2.36. The van der Waals surface area contributed by atoms with E-state index in [1.807, 2.05) is 0 Å². The van der Waals surface area contributed by atoms with Gasteiger partial charge in [0.1, 0.15) is 0 Å². The highest BCUT2D eigenvalue weighted by molar-refractivity contribution is 14.1. The Bertz CT molecular complexity index is 739. The van der Waals surface area contributed by atoms with E-state index in [2.05, 4.69) is 9.47 Å². The Hall–Kier alpha value is -1.24. The number of carbonyl (C=O) groups excluding carboxylic acids is 5. The molecule has 0 saturated carbocycles. The van der Waals surface area contributed by atoms with Gasteiger partial charge in [0.15, 0.2) is 0 Å². The second-order valence-corrected chi connectivity index (χ2v) is 7.08. The fraction of sp³-hybridized carbons (Fsp3) is 0. The third-order valence-corrected chi connectivity index (χ3v) is 5.59. The van der Waals surface area contributed by atoms with E-state index in [4.69, 9.17) is 17.2 Å². The number of amides is 3. The standard InChI is InChI=1S/C11H6I3N3O7/c12-4-1(7(15)18)5(13)3(9(20)24-11(17)22)6(14)2(4)8(19)23-10(16)21/h(H2,15,18)(H2,16,21)(H2,17,22). The summed E-state index contributed by atoms with van der Waals surface area (Å²) in [5.74, 6) is -3.37. The van der Waals surface area contributed by atoms with Crippen molar-refractivity contribution in [3.8, 4) is 0 Å². The molecule has 0 atom stereocenters. The Morgan fingerprint density at radius 3 is 1.17 bits per heavy atom. The van der Waals surface area contributed by atoms with E-state index in [0.29, 0.717) is 0 Å². The molecular formula is C11H6I3N3O7. The molecule has 128 valence electrons.